The predicted molar refractivity (Wildman–Crippen MR) is 77.9 cm³/mol. The maximum Gasteiger partial charge on any atom is 0.273 e. The Morgan fingerprint density at radius 2 is 2.10 bits per heavy atom. The number of nitro groups is 1. The van der Waals surface area contributed by atoms with Crippen LogP contribution in [0.2, 0.25) is 0 Å². The highest BCUT2D eigenvalue weighted by molar-refractivity contribution is 7.09. The molecule has 2 rings (SSSR count). The molecule has 5 nitrogen and oxygen atoms in total. The van der Waals surface area contributed by atoms with Crippen molar-refractivity contribution in [3.63, 3.8) is 0 Å². The van der Waals surface area contributed by atoms with E-state index in [1.807, 2.05) is 17.5 Å². The van der Waals surface area contributed by atoms with Gasteiger partial charge in [-0.15, -0.1) is 11.3 Å². The highest BCUT2D eigenvalue weighted by Gasteiger charge is 2.20. The number of nitro benzene ring substituents is 1. The van der Waals surface area contributed by atoms with E-state index in [0.717, 1.165) is 4.88 Å². The van der Waals surface area contributed by atoms with Gasteiger partial charge in [0.15, 0.2) is 0 Å². The smallest absolute Gasteiger partial charge is 0.273 e. The van der Waals surface area contributed by atoms with Crippen LogP contribution >= 0.6 is 11.3 Å². The average Bonchev–Trinajstić information content (AvgIpc) is 2.90. The van der Waals surface area contributed by atoms with Crippen molar-refractivity contribution < 1.29 is 9.72 Å². The molecule has 1 aromatic heterocycles. The SMILES string of the molecule is Cc1c(C(=O)N(C)Cc2cccs2)cccc1[N+](=O)[O-]. The Hall–Kier alpha value is -2.21. The van der Waals surface area contributed by atoms with Crippen molar-refractivity contribution in [3.05, 3.63) is 61.8 Å². The molecule has 1 amide bonds. The van der Waals surface area contributed by atoms with Gasteiger partial charge in [-0.3, -0.25) is 14.9 Å². The number of hydrogen-bond acceptors (Lipinski definition) is 4. The number of carbonyl (C=O) groups excluding carboxylic acids is 1. The Labute approximate surface area is 120 Å². The molecule has 0 N–H and O–H groups in total. The van der Waals surface area contributed by atoms with Crippen LogP contribution < -0.4 is 0 Å². The molecule has 0 saturated carbocycles. The fraction of sp³-hybridized carbons (Fsp3) is 0.214. The zero-order valence-corrected chi connectivity index (χ0v) is 12.0. The molecule has 20 heavy (non-hydrogen) atoms. The molecule has 0 radical (unpaired) electrons. The van der Waals surface area contributed by atoms with Gasteiger partial charge in [0.1, 0.15) is 0 Å². The average molecular weight is 290 g/mol. The van der Waals surface area contributed by atoms with E-state index in [4.69, 9.17) is 0 Å². The molecule has 0 fully saturated rings. The van der Waals surface area contributed by atoms with Gasteiger partial charge in [-0.05, 0) is 24.4 Å². The summed E-state index contributed by atoms with van der Waals surface area (Å²) >= 11 is 1.57. The molecular formula is C14H14N2O3S. The van der Waals surface area contributed by atoms with E-state index in [1.54, 1.807) is 36.3 Å². The lowest BCUT2D eigenvalue weighted by Crippen LogP contribution is -2.26. The van der Waals surface area contributed by atoms with E-state index >= 15 is 0 Å². The quantitative estimate of drug-likeness (QED) is 0.641. The maximum absolute atomic E-state index is 12.4. The van der Waals surface area contributed by atoms with Crippen LogP contribution in [0.15, 0.2) is 35.7 Å². The van der Waals surface area contributed by atoms with Crippen LogP contribution in [0, 0.1) is 17.0 Å². The summed E-state index contributed by atoms with van der Waals surface area (Å²) in [5.41, 5.74) is 0.749. The molecule has 2 aromatic rings. The number of hydrogen-bond donors (Lipinski definition) is 0. The summed E-state index contributed by atoms with van der Waals surface area (Å²) in [6.45, 7) is 2.10. The van der Waals surface area contributed by atoms with E-state index in [1.165, 1.54) is 12.1 Å². The van der Waals surface area contributed by atoms with Crippen LogP contribution in [0.1, 0.15) is 20.8 Å². The van der Waals surface area contributed by atoms with E-state index in [2.05, 4.69) is 0 Å². The normalized spacial score (nSPS) is 10.3. The van der Waals surface area contributed by atoms with Crippen molar-refractivity contribution in [3.8, 4) is 0 Å². The van der Waals surface area contributed by atoms with Crippen molar-refractivity contribution in [2.75, 3.05) is 7.05 Å². The first-order valence-corrected chi connectivity index (χ1v) is 6.90. The number of benzene rings is 1. The first kappa shape index (κ1) is 14.2. The number of amides is 1. The lowest BCUT2D eigenvalue weighted by atomic mass is 10.1. The minimum Gasteiger partial charge on any atom is -0.337 e. The molecule has 0 unspecified atom stereocenters. The first-order valence-electron chi connectivity index (χ1n) is 6.02. The fourth-order valence-electron chi connectivity index (χ4n) is 1.97. The Bertz CT molecular complexity index is 638. The molecule has 0 aliphatic carbocycles. The Balaban J connectivity index is 2.25. The van der Waals surface area contributed by atoms with Gasteiger partial charge in [-0.1, -0.05) is 12.1 Å². The number of nitrogens with zero attached hydrogens (tertiary/aromatic N) is 2. The van der Waals surface area contributed by atoms with Gasteiger partial charge in [0, 0.05) is 29.1 Å². The fourth-order valence-corrected chi connectivity index (χ4v) is 2.72. The molecule has 0 bridgehead atoms. The molecule has 1 heterocycles. The van der Waals surface area contributed by atoms with Crippen LogP contribution in [-0.4, -0.2) is 22.8 Å². The molecule has 1 aromatic carbocycles. The Morgan fingerprint density at radius 3 is 2.70 bits per heavy atom. The number of rotatable bonds is 4. The largest absolute Gasteiger partial charge is 0.337 e. The van der Waals surface area contributed by atoms with Gasteiger partial charge < -0.3 is 4.90 Å². The molecule has 0 aliphatic rings. The molecule has 104 valence electrons. The number of carbonyl (C=O) groups is 1. The zero-order chi connectivity index (χ0) is 14.7. The summed E-state index contributed by atoms with van der Waals surface area (Å²) in [5, 5.41) is 12.9. The van der Waals surface area contributed by atoms with Crippen molar-refractivity contribution >= 4 is 22.9 Å². The van der Waals surface area contributed by atoms with E-state index in [0.29, 0.717) is 17.7 Å². The van der Waals surface area contributed by atoms with Crippen LogP contribution in [0.5, 0.6) is 0 Å². The van der Waals surface area contributed by atoms with Crippen molar-refractivity contribution in [1.29, 1.82) is 0 Å². The minimum atomic E-state index is -0.467. The summed E-state index contributed by atoms with van der Waals surface area (Å²) in [6.07, 6.45) is 0. The van der Waals surface area contributed by atoms with Crippen LogP contribution in [0.3, 0.4) is 0 Å². The molecule has 6 heteroatoms. The molecular weight excluding hydrogens is 276 g/mol. The third-order valence-corrected chi connectivity index (χ3v) is 3.91. The third kappa shape index (κ3) is 2.85. The summed E-state index contributed by atoms with van der Waals surface area (Å²) in [7, 11) is 1.69. The van der Waals surface area contributed by atoms with E-state index in [-0.39, 0.29) is 11.6 Å². The third-order valence-electron chi connectivity index (χ3n) is 3.05. The second-order valence-corrected chi connectivity index (χ2v) is 5.48. The van der Waals surface area contributed by atoms with Crippen molar-refractivity contribution in [1.82, 2.24) is 4.90 Å². The summed E-state index contributed by atoms with van der Waals surface area (Å²) in [5.74, 6) is -0.209. The van der Waals surface area contributed by atoms with Crippen molar-refractivity contribution in [2.24, 2.45) is 0 Å². The summed E-state index contributed by atoms with van der Waals surface area (Å²) in [4.78, 5) is 25.5. The highest BCUT2D eigenvalue weighted by Crippen LogP contribution is 2.22. The summed E-state index contributed by atoms with van der Waals surface area (Å²) in [6, 6.07) is 8.45. The standard InChI is InChI=1S/C14H14N2O3S/c1-10-12(6-3-7-13(10)16(18)19)14(17)15(2)9-11-5-4-8-20-11/h3-8H,9H2,1-2H3. The van der Waals surface area contributed by atoms with Crippen LogP contribution in [0.25, 0.3) is 0 Å². The Kier molecular flexibility index (Phi) is 4.14. The van der Waals surface area contributed by atoms with Crippen molar-refractivity contribution in [2.45, 2.75) is 13.5 Å². The van der Waals surface area contributed by atoms with Gasteiger partial charge in [0.05, 0.1) is 11.5 Å². The first-order chi connectivity index (χ1) is 9.50. The molecule has 0 spiro atoms. The summed E-state index contributed by atoms with van der Waals surface area (Å²) < 4.78 is 0. The van der Waals surface area contributed by atoms with E-state index < -0.39 is 4.92 Å². The highest BCUT2D eigenvalue weighted by atomic mass is 32.1. The minimum absolute atomic E-state index is 0.0274. The van der Waals surface area contributed by atoms with Gasteiger partial charge >= 0.3 is 0 Å². The Morgan fingerprint density at radius 1 is 1.35 bits per heavy atom. The van der Waals surface area contributed by atoms with E-state index in [9.17, 15) is 14.9 Å². The van der Waals surface area contributed by atoms with Crippen LogP contribution in [0.4, 0.5) is 5.69 Å². The molecule has 0 atom stereocenters. The predicted octanol–water partition coefficient (Wildman–Crippen LogP) is 3.24. The number of thiophene rings is 1. The van der Waals surface area contributed by atoms with Crippen LogP contribution in [-0.2, 0) is 6.54 Å². The monoisotopic (exact) mass is 290 g/mol. The lowest BCUT2D eigenvalue weighted by Gasteiger charge is -2.17. The topological polar surface area (TPSA) is 63.5 Å². The van der Waals surface area contributed by atoms with Gasteiger partial charge in [-0.25, -0.2) is 0 Å². The zero-order valence-electron chi connectivity index (χ0n) is 11.2. The maximum atomic E-state index is 12.4. The molecule has 0 saturated heterocycles. The van der Waals surface area contributed by atoms with Gasteiger partial charge in [0.2, 0.25) is 0 Å². The van der Waals surface area contributed by atoms with Gasteiger partial charge in [0.25, 0.3) is 11.6 Å². The lowest BCUT2D eigenvalue weighted by molar-refractivity contribution is -0.385. The second-order valence-electron chi connectivity index (χ2n) is 4.45. The molecule has 0 aliphatic heterocycles. The van der Waals surface area contributed by atoms with Gasteiger partial charge in [-0.2, -0.15) is 0 Å². The second kappa shape index (κ2) is 5.83.